The van der Waals surface area contributed by atoms with Gasteiger partial charge in [0.2, 0.25) is 5.91 Å². The van der Waals surface area contributed by atoms with Crippen molar-refractivity contribution >= 4 is 40.2 Å². The molecule has 5 heteroatoms. The topological polar surface area (TPSA) is 29.1 Å². The lowest BCUT2D eigenvalue weighted by atomic mass is 10.3. The summed E-state index contributed by atoms with van der Waals surface area (Å²) in [6, 6.07) is 2.72. The highest BCUT2D eigenvalue weighted by Gasteiger charge is 2.08. The minimum atomic E-state index is -0.427. The lowest BCUT2D eigenvalue weighted by Gasteiger charge is -2.07. The highest BCUT2D eigenvalue weighted by Crippen LogP contribution is 2.31. The molecule has 1 aromatic rings. The van der Waals surface area contributed by atoms with Gasteiger partial charge in [-0.25, -0.2) is 4.39 Å². The zero-order valence-electron chi connectivity index (χ0n) is 6.77. The lowest BCUT2D eigenvalue weighted by molar-refractivity contribution is -0.114. The Morgan fingerprint density at radius 1 is 1.62 bits per heavy atom. The van der Waals surface area contributed by atoms with Crippen LogP contribution in [0.25, 0.3) is 0 Å². The van der Waals surface area contributed by atoms with E-state index in [0.717, 1.165) is 0 Å². The zero-order chi connectivity index (χ0) is 10.0. The van der Waals surface area contributed by atoms with Crippen molar-refractivity contribution in [3.05, 3.63) is 22.4 Å². The van der Waals surface area contributed by atoms with Crippen molar-refractivity contribution in [3.8, 4) is 0 Å². The standard InChI is InChI=1S/C8H7BrFNOS/c1-4(12)11-6-3-2-5(10)8(13)7(6)9/h2-3,13H,1H3,(H,11,12). The molecular weight excluding hydrogens is 257 g/mol. The minimum absolute atomic E-state index is 0.186. The predicted molar refractivity (Wildman–Crippen MR) is 55.7 cm³/mol. The quantitative estimate of drug-likeness (QED) is 0.750. The Hall–Kier alpha value is -0.550. The fourth-order valence-corrected chi connectivity index (χ4v) is 1.44. The van der Waals surface area contributed by atoms with Gasteiger partial charge in [0.05, 0.1) is 15.1 Å². The van der Waals surface area contributed by atoms with E-state index in [2.05, 4.69) is 33.9 Å². The van der Waals surface area contributed by atoms with E-state index in [1.165, 1.54) is 19.1 Å². The van der Waals surface area contributed by atoms with Crippen molar-refractivity contribution < 1.29 is 9.18 Å². The number of halogens is 2. The number of hydrogen-bond donors (Lipinski definition) is 2. The predicted octanol–water partition coefficient (Wildman–Crippen LogP) is 2.84. The molecule has 0 spiro atoms. The van der Waals surface area contributed by atoms with Gasteiger partial charge < -0.3 is 5.32 Å². The zero-order valence-corrected chi connectivity index (χ0v) is 9.25. The van der Waals surface area contributed by atoms with Gasteiger partial charge in [-0.15, -0.1) is 12.6 Å². The molecule has 0 saturated heterocycles. The molecule has 0 saturated carbocycles. The second kappa shape index (κ2) is 4.11. The molecule has 1 N–H and O–H groups in total. The van der Waals surface area contributed by atoms with Crippen molar-refractivity contribution in [3.63, 3.8) is 0 Å². The van der Waals surface area contributed by atoms with Crippen molar-refractivity contribution in [1.29, 1.82) is 0 Å². The van der Waals surface area contributed by atoms with E-state index >= 15 is 0 Å². The number of rotatable bonds is 1. The van der Waals surface area contributed by atoms with E-state index in [9.17, 15) is 9.18 Å². The summed E-state index contributed by atoms with van der Waals surface area (Å²) < 4.78 is 13.3. The molecule has 0 bridgehead atoms. The molecule has 1 aromatic carbocycles. The Kier molecular flexibility index (Phi) is 3.33. The summed E-state index contributed by atoms with van der Waals surface area (Å²) in [6.45, 7) is 1.38. The summed E-state index contributed by atoms with van der Waals surface area (Å²) in [4.78, 5) is 10.9. The van der Waals surface area contributed by atoms with Gasteiger partial charge in [-0.1, -0.05) is 0 Å². The average molecular weight is 264 g/mol. The normalized spacial score (nSPS) is 9.85. The number of hydrogen-bond acceptors (Lipinski definition) is 2. The molecule has 0 aliphatic carbocycles. The first-order chi connectivity index (χ1) is 6.02. The second-order valence-corrected chi connectivity index (χ2v) is 3.68. The summed E-state index contributed by atoms with van der Waals surface area (Å²) >= 11 is 7.06. The van der Waals surface area contributed by atoms with E-state index in [1.807, 2.05) is 0 Å². The van der Waals surface area contributed by atoms with Crippen molar-refractivity contribution in [2.75, 3.05) is 5.32 Å². The van der Waals surface area contributed by atoms with E-state index in [4.69, 9.17) is 0 Å². The molecule has 13 heavy (non-hydrogen) atoms. The van der Waals surface area contributed by atoms with Gasteiger partial charge in [-0.3, -0.25) is 4.79 Å². The highest BCUT2D eigenvalue weighted by molar-refractivity contribution is 9.10. The van der Waals surface area contributed by atoms with Crippen LogP contribution in [-0.4, -0.2) is 5.91 Å². The number of carbonyl (C=O) groups is 1. The molecular formula is C8H7BrFNOS. The Balaban J connectivity index is 3.10. The molecule has 0 aromatic heterocycles. The van der Waals surface area contributed by atoms with Gasteiger partial charge >= 0.3 is 0 Å². The molecule has 0 heterocycles. The molecule has 2 nitrogen and oxygen atoms in total. The third kappa shape index (κ3) is 2.45. The molecule has 0 fully saturated rings. The maximum atomic E-state index is 12.9. The highest BCUT2D eigenvalue weighted by atomic mass is 79.9. The largest absolute Gasteiger partial charge is 0.325 e. The molecule has 1 rings (SSSR count). The molecule has 0 atom stereocenters. The first kappa shape index (κ1) is 10.5. The average Bonchev–Trinajstić information content (AvgIpc) is 2.06. The van der Waals surface area contributed by atoms with Crippen LogP contribution in [0.2, 0.25) is 0 Å². The molecule has 0 aliphatic heterocycles. The van der Waals surface area contributed by atoms with Crippen LogP contribution in [-0.2, 0) is 4.79 Å². The van der Waals surface area contributed by atoms with Gasteiger partial charge in [-0.05, 0) is 28.1 Å². The number of thiol groups is 1. The molecule has 0 radical (unpaired) electrons. The number of nitrogens with one attached hydrogen (secondary N) is 1. The van der Waals surface area contributed by atoms with Gasteiger partial charge in [-0.2, -0.15) is 0 Å². The minimum Gasteiger partial charge on any atom is -0.325 e. The van der Waals surface area contributed by atoms with E-state index in [-0.39, 0.29) is 10.8 Å². The first-order valence-electron chi connectivity index (χ1n) is 3.47. The Morgan fingerprint density at radius 2 is 2.23 bits per heavy atom. The Morgan fingerprint density at radius 3 is 2.77 bits per heavy atom. The molecule has 70 valence electrons. The fraction of sp³-hybridized carbons (Fsp3) is 0.125. The summed E-state index contributed by atoms with van der Waals surface area (Å²) in [6.07, 6.45) is 0. The van der Waals surface area contributed by atoms with E-state index in [1.54, 1.807) is 0 Å². The van der Waals surface area contributed by atoms with Crippen LogP contribution < -0.4 is 5.32 Å². The fourth-order valence-electron chi connectivity index (χ4n) is 0.827. The maximum absolute atomic E-state index is 12.9. The number of benzene rings is 1. The Labute approximate surface area is 89.1 Å². The van der Waals surface area contributed by atoms with E-state index in [0.29, 0.717) is 10.2 Å². The molecule has 0 unspecified atom stereocenters. The third-order valence-electron chi connectivity index (χ3n) is 1.38. The number of anilines is 1. The van der Waals surface area contributed by atoms with Crippen LogP contribution in [0.1, 0.15) is 6.92 Å². The van der Waals surface area contributed by atoms with Gasteiger partial charge in [0.1, 0.15) is 5.82 Å². The second-order valence-electron chi connectivity index (χ2n) is 2.44. The smallest absolute Gasteiger partial charge is 0.221 e. The van der Waals surface area contributed by atoms with Crippen LogP contribution in [0.5, 0.6) is 0 Å². The summed E-state index contributed by atoms with van der Waals surface area (Å²) in [7, 11) is 0. The summed E-state index contributed by atoms with van der Waals surface area (Å²) in [5.41, 5.74) is 0.513. The van der Waals surface area contributed by atoms with Crippen LogP contribution in [0.3, 0.4) is 0 Å². The van der Waals surface area contributed by atoms with Crippen LogP contribution in [0.4, 0.5) is 10.1 Å². The van der Waals surface area contributed by atoms with Gasteiger partial charge in [0.15, 0.2) is 0 Å². The maximum Gasteiger partial charge on any atom is 0.221 e. The van der Waals surface area contributed by atoms with Crippen LogP contribution in [0.15, 0.2) is 21.5 Å². The SMILES string of the molecule is CC(=O)Nc1ccc(F)c(S)c1Br. The van der Waals surface area contributed by atoms with E-state index < -0.39 is 5.82 Å². The van der Waals surface area contributed by atoms with Crippen molar-refractivity contribution in [1.82, 2.24) is 0 Å². The first-order valence-corrected chi connectivity index (χ1v) is 4.71. The third-order valence-corrected chi connectivity index (χ3v) is 2.94. The monoisotopic (exact) mass is 263 g/mol. The van der Waals surface area contributed by atoms with Crippen molar-refractivity contribution in [2.45, 2.75) is 11.8 Å². The summed E-state index contributed by atoms with van der Waals surface area (Å²) in [5.74, 6) is -0.635. The summed E-state index contributed by atoms with van der Waals surface area (Å²) in [5, 5.41) is 2.54. The van der Waals surface area contributed by atoms with Gasteiger partial charge in [0.25, 0.3) is 0 Å². The number of amides is 1. The lowest BCUT2D eigenvalue weighted by Crippen LogP contribution is -2.06. The van der Waals surface area contributed by atoms with Crippen molar-refractivity contribution in [2.24, 2.45) is 0 Å². The molecule has 1 amide bonds. The van der Waals surface area contributed by atoms with Gasteiger partial charge in [0, 0.05) is 6.92 Å². The van der Waals surface area contributed by atoms with Crippen LogP contribution >= 0.6 is 28.6 Å². The molecule has 0 aliphatic rings. The number of carbonyl (C=O) groups excluding carboxylic acids is 1. The Bertz CT molecular complexity index is 356. The van der Waals surface area contributed by atoms with Crippen LogP contribution in [0, 0.1) is 5.82 Å².